The Labute approximate surface area is 137 Å². The number of hydrogen-bond donors (Lipinski definition) is 4. The minimum atomic E-state index is -3.23. The lowest BCUT2D eigenvalue weighted by Gasteiger charge is -2.34. The van der Waals surface area contributed by atoms with Crippen LogP contribution in [0.2, 0.25) is 0 Å². The van der Waals surface area contributed by atoms with E-state index in [1.165, 1.54) is 0 Å². The summed E-state index contributed by atoms with van der Waals surface area (Å²) in [5.41, 5.74) is 0. The highest BCUT2D eigenvalue weighted by Gasteiger charge is 2.20. The summed E-state index contributed by atoms with van der Waals surface area (Å²) in [6.45, 7) is 2.22. The molecule has 0 aliphatic carbocycles. The first-order valence-electron chi connectivity index (χ1n) is 7.48. The minimum Gasteiger partial charge on any atom is -0.483 e. The number of carboxylic acid groups (broad SMARTS) is 1. The van der Waals surface area contributed by atoms with Gasteiger partial charge in [-0.25, -0.2) is 13.1 Å². The Morgan fingerprint density at radius 3 is 2.57 bits per heavy atom. The van der Waals surface area contributed by atoms with E-state index < -0.39 is 10.0 Å². The molecule has 0 aromatic carbocycles. The molecule has 1 heterocycles. The smallest absolute Gasteiger partial charge is 0.290 e. The number of nitrogens with zero attached hydrogens (tertiary/aromatic N) is 1. The first-order chi connectivity index (χ1) is 10.8. The standard InChI is InChI=1S/C12H25N3O4S.CH2O2/c1-20(18,19)14-6-5-12(17)13-7-9-15-8-3-2-4-11(15)10-16;2-1-3/h11,14,16H,2-10H2,1H3,(H,13,17);1H,(H,2,3). The number of amides is 1. The molecule has 9 nitrogen and oxygen atoms in total. The monoisotopic (exact) mass is 353 g/mol. The molecule has 0 spiro atoms. The number of nitrogens with one attached hydrogen (secondary N) is 2. The molecule has 1 fully saturated rings. The molecule has 0 aromatic heterocycles. The second kappa shape index (κ2) is 12.2. The molecule has 1 rings (SSSR count). The highest BCUT2D eigenvalue weighted by molar-refractivity contribution is 7.88. The van der Waals surface area contributed by atoms with Gasteiger partial charge in [-0.2, -0.15) is 0 Å². The Hall–Kier alpha value is -1.23. The number of piperidine rings is 1. The molecule has 1 amide bonds. The summed E-state index contributed by atoms with van der Waals surface area (Å²) < 4.78 is 23.9. The van der Waals surface area contributed by atoms with Gasteiger partial charge in [0, 0.05) is 32.1 Å². The van der Waals surface area contributed by atoms with E-state index in [0.29, 0.717) is 6.54 Å². The van der Waals surface area contributed by atoms with Gasteiger partial charge < -0.3 is 15.5 Å². The Balaban J connectivity index is 0.00000149. The summed E-state index contributed by atoms with van der Waals surface area (Å²) in [4.78, 5) is 22.1. The van der Waals surface area contributed by atoms with Gasteiger partial charge in [-0.1, -0.05) is 6.42 Å². The molecular formula is C13H27N3O6S. The zero-order valence-corrected chi connectivity index (χ0v) is 14.2. The van der Waals surface area contributed by atoms with E-state index in [9.17, 15) is 18.3 Å². The molecule has 4 N–H and O–H groups in total. The second-order valence-electron chi connectivity index (χ2n) is 5.24. The zero-order chi connectivity index (χ0) is 17.7. The average Bonchev–Trinajstić information content (AvgIpc) is 2.47. The van der Waals surface area contributed by atoms with Crippen LogP contribution in [0, 0.1) is 0 Å². The van der Waals surface area contributed by atoms with Crippen LogP contribution in [-0.4, -0.2) is 81.0 Å². The van der Waals surface area contributed by atoms with Crippen molar-refractivity contribution in [2.45, 2.75) is 31.7 Å². The topological polar surface area (TPSA) is 136 Å². The van der Waals surface area contributed by atoms with Crippen LogP contribution in [0.1, 0.15) is 25.7 Å². The maximum Gasteiger partial charge on any atom is 0.290 e. The van der Waals surface area contributed by atoms with E-state index in [-0.39, 0.29) is 38.0 Å². The number of aliphatic hydroxyl groups excluding tert-OH is 1. The van der Waals surface area contributed by atoms with E-state index in [0.717, 1.165) is 38.6 Å². The van der Waals surface area contributed by atoms with Gasteiger partial charge in [-0.3, -0.25) is 14.5 Å². The number of carbonyl (C=O) groups is 2. The van der Waals surface area contributed by atoms with Gasteiger partial charge in [0.05, 0.1) is 12.9 Å². The zero-order valence-electron chi connectivity index (χ0n) is 13.4. The lowest BCUT2D eigenvalue weighted by molar-refractivity contribution is -0.123. The molecule has 1 aliphatic heterocycles. The normalized spacial score (nSPS) is 18.6. The van der Waals surface area contributed by atoms with Gasteiger partial charge in [0.15, 0.2) is 0 Å². The largest absolute Gasteiger partial charge is 0.483 e. The van der Waals surface area contributed by atoms with E-state index in [1.807, 2.05) is 0 Å². The Bertz CT molecular complexity index is 443. The Morgan fingerprint density at radius 1 is 1.35 bits per heavy atom. The van der Waals surface area contributed by atoms with Crippen molar-refractivity contribution in [1.82, 2.24) is 14.9 Å². The van der Waals surface area contributed by atoms with E-state index in [1.54, 1.807) is 0 Å². The van der Waals surface area contributed by atoms with Crippen molar-refractivity contribution in [3.8, 4) is 0 Å². The third-order valence-electron chi connectivity index (χ3n) is 3.40. The van der Waals surface area contributed by atoms with Crippen LogP contribution in [0.15, 0.2) is 0 Å². The van der Waals surface area contributed by atoms with Gasteiger partial charge in [0.1, 0.15) is 0 Å². The maximum atomic E-state index is 11.5. The van der Waals surface area contributed by atoms with E-state index >= 15 is 0 Å². The van der Waals surface area contributed by atoms with Gasteiger partial charge in [-0.15, -0.1) is 0 Å². The van der Waals surface area contributed by atoms with Gasteiger partial charge >= 0.3 is 0 Å². The SMILES string of the molecule is CS(=O)(=O)NCCC(=O)NCCN1CCCCC1CO.O=CO. The average molecular weight is 353 g/mol. The van der Waals surface area contributed by atoms with Crippen molar-refractivity contribution in [2.75, 3.05) is 39.0 Å². The fourth-order valence-electron chi connectivity index (χ4n) is 2.34. The molecular weight excluding hydrogens is 326 g/mol. The summed E-state index contributed by atoms with van der Waals surface area (Å²) in [5, 5.41) is 18.9. The molecule has 136 valence electrons. The predicted octanol–water partition coefficient (Wildman–Crippen LogP) is -1.41. The third-order valence-corrected chi connectivity index (χ3v) is 4.13. The van der Waals surface area contributed by atoms with Gasteiger partial charge in [0.25, 0.3) is 6.47 Å². The van der Waals surface area contributed by atoms with Crippen LogP contribution < -0.4 is 10.0 Å². The Morgan fingerprint density at radius 2 is 2.00 bits per heavy atom. The first kappa shape index (κ1) is 21.8. The number of rotatable bonds is 8. The Kier molecular flexibility index (Phi) is 11.6. The van der Waals surface area contributed by atoms with Crippen molar-refractivity contribution in [1.29, 1.82) is 0 Å². The number of likely N-dealkylation sites (tertiary alicyclic amines) is 1. The lowest BCUT2D eigenvalue weighted by atomic mass is 10.0. The predicted molar refractivity (Wildman–Crippen MR) is 85.5 cm³/mol. The van der Waals surface area contributed by atoms with Crippen molar-refractivity contribution < 1.29 is 28.2 Å². The van der Waals surface area contributed by atoms with Crippen molar-refractivity contribution in [2.24, 2.45) is 0 Å². The van der Waals surface area contributed by atoms with E-state index in [2.05, 4.69) is 14.9 Å². The molecule has 10 heteroatoms. The summed E-state index contributed by atoms with van der Waals surface area (Å²) in [6, 6.07) is 0.201. The first-order valence-corrected chi connectivity index (χ1v) is 9.37. The van der Waals surface area contributed by atoms with E-state index in [4.69, 9.17) is 9.90 Å². The molecule has 0 bridgehead atoms. The van der Waals surface area contributed by atoms with Crippen molar-refractivity contribution in [3.63, 3.8) is 0 Å². The maximum absolute atomic E-state index is 11.5. The van der Waals surface area contributed by atoms with Gasteiger partial charge in [0.2, 0.25) is 15.9 Å². The molecule has 1 unspecified atom stereocenters. The summed E-state index contributed by atoms with van der Waals surface area (Å²) >= 11 is 0. The highest BCUT2D eigenvalue weighted by atomic mass is 32.2. The van der Waals surface area contributed by atoms with Crippen LogP contribution in [0.25, 0.3) is 0 Å². The van der Waals surface area contributed by atoms with Crippen molar-refractivity contribution >= 4 is 22.4 Å². The van der Waals surface area contributed by atoms with Gasteiger partial charge in [-0.05, 0) is 19.4 Å². The molecule has 1 saturated heterocycles. The molecule has 23 heavy (non-hydrogen) atoms. The third kappa shape index (κ3) is 11.9. The second-order valence-corrected chi connectivity index (χ2v) is 7.07. The van der Waals surface area contributed by atoms with Crippen LogP contribution in [0.5, 0.6) is 0 Å². The highest BCUT2D eigenvalue weighted by Crippen LogP contribution is 2.15. The molecule has 1 aliphatic rings. The summed E-state index contributed by atoms with van der Waals surface area (Å²) in [5.74, 6) is -0.168. The number of carbonyl (C=O) groups excluding carboxylic acids is 1. The van der Waals surface area contributed by atoms with Crippen molar-refractivity contribution in [3.05, 3.63) is 0 Å². The fourth-order valence-corrected chi connectivity index (χ4v) is 2.81. The lowest BCUT2D eigenvalue weighted by Crippen LogP contribution is -2.45. The minimum absolute atomic E-state index is 0.119. The molecule has 0 saturated carbocycles. The van der Waals surface area contributed by atoms with Crippen LogP contribution >= 0.6 is 0 Å². The number of aliphatic hydroxyl groups is 1. The molecule has 0 aromatic rings. The number of hydrogen-bond acceptors (Lipinski definition) is 6. The summed E-state index contributed by atoms with van der Waals surface area (Å²) in [7, 11) is -3.23. The van der Waals surface area contributed by atoms with Crippen LogP contribution in [0.3, 0.4) is 0 Å². The quantitative estimate of drug-likeness (QED) is 0.394. The molecule has 0 radical (unpaired) electrons. The molecule has 1 atom stereocenters. The number of sulfonamides is 1. The van der Waals surface area contributed by atoms with Crippen LogP contribution in [0.4, 0.5) is 0 Å². The van der Waals surface area contributed by atoms with Crippen LogP contribution in [-0.2, 0) is 19.6 Å². The fraction of sp³-hybridized carbons (Fsp3) is 0.846. The summed E-state index contributed by atoms with van der Waals surface area (Å²) in [6.07, 6.45) is 4.48.